The zero-order valence-corrected chi connectivity index (χ0v) is 15.0. The molecule has 0 heterocycles. The quantitative estimate of drug-likeness (QED) is 0.811. The first-order valence-corrected chi connectivity index (χ1v) is 8.03. The van der Waals surface area contributed by atoms with Crippen molar-refractivity contribution in [3.05, 3.63) is 59.2 Å². The molecule has 0 aliphatic carbocycles. The number of hydrogen-bond acceptors (Lipinski definition) is 3. The molecule has 0 saturated heterocycles. The predicted octanol–water partition coefficient (Wildman–Crippen LogP) is 3.74. The topological polar surface area (TPSA) is 38.8 Å². The molecular formula is C20H25NO3. The average Bonchev–Trinajstić information content (AvgIpc) is 2.58. The molecule has 0 aliphatic rings. The van der Waals surface area contributed by atoms with E-state index in [4.69, 9.17) is 9.47 Å². The summed E-state index contributed by atoms with van der Waals surface area (Å²) in [5, 5.41) is 0. The fourth-order valence-corrected chi connectivity index (χ4v) is 2.57. The van der Waals surface area contributed by atoms with Crippen LogP contribution in [0.25, 0.3) is 0 Å². The number of nitrogens with zero attached hydrogens (tertiary/aromatic N) is 1. The molecule has 4 heteroatoms. The molecule has 2 aromatic rings. The Bertz CT molecular complexity index is 712. The molecular weight excluding hydrogens is 302 g/mol. The van der Waals surface area contributed by atoms with Crippen molar-refractivity contribution < 1.29 is 14.3 Å². The first-order valence-electron chi connectivity index (χ1n) is 8.03. The van der Waals surface area contributed by atoms with Crippen LogP contribution >= 0.6 is 0 Å². The first-order chi connectivity index (χ1) is 11.4. The summed E-state index contributed by atoms with van der Waals surface area (Å²) in [6, 6.07) is 13.6. The van der Waals surface area contributed by atoms with Crippen LogP contribution in [0.3, 0.4) is 0 Å². The molecule has 1 atom stereocenters. The smallest absolute Gasteiger partial charge is 0.263 e. The minimum Gasteiger partial charge on any atom is -0.496 e. The number of carbonyl (C=O) groups is 1. The highest BCUT2D eigenvalue weighted by molar-refractivity contribution is 5.80. The highest BCUT2D eigenvalue weighted by atomic mass is 16.5. The SMILES string of the molecule is COc1ccccc1CN(C)C(=O)C(C)Oc1cccc(C)c1C. The summed E-state index contributed by atoms with van der Waals surface area (Å²) in [4.78, 5) is 14.3. The maximum atomic E-state index is 12.6. The lowest BCUT2D eigenvalue weighted by Gasteiger charge is -2.23. The number of benzene rings is 2. The van der Waals surface area contributed by atoms with Crippen molar-refractivity contribution >= 4 is 5.91 Å². The van der Waals surface area contributed by atoms with Gasteiger partial charge in [-0.1, -0.05) is 30.3 Å². The van der Waals surface area contributed by atoms with Gasteiger partial charge in [0, 0.05) is 19.2 Å². The number of carbonyl (C=O) groups excluding carboxylic acids is 1. The molecule has 1 unspecified atom stereocenters. The summed E-state index contributed by atoms with van der Waals surface area (Å²) in [5.74, 6) is 1.46. The number of hydrogen-bond donors (Lipinski definition) is 0. The second-order valence-corrected chi connectivity index (χ2v) is 5.96. The third-order valence-electron chi connectivity index (χ3n) is 4.18. The van der Waals surface area contributed by atoms with Crippen LogP contribution in [-0.4, -0.2) is 31.1 Å². The Balaban J connectivity index is 2.05. The van der Waals surface area contributed by atoms with Crippen molar-refractivity contribution in [2.45, 2.75) is 33.4 Å². The minimum absolute atomic E-state index is 0.0678. The van der Waals surface area contributed by atoms with Crippen LogP contribution in [0.15, 0.2) is 42.5 Å². The van der Waals surface area contributed by atoms with Gasteiger partial charge in [-0.25, -0.2) is 0 Å². The Morgan fingerprint density at radius 2 is 1.75 bits per heavy atom. The highest BCUT2D eigenvalue weighted by Crippen LogP contribution is 2.23. The van der Waals surface area contributed by atoms with Gasteiger partial charge in [0.1, 0.15) is 11.5 Å². The maximum absolute atomic E-state index is 12.6. The van der Waals surface area contributed by atoms with Gasteiger partial charge >= 0.3 is 0 Å². The number of rotatable bonds is 6. The van der Waals surface area contributed by atoms with E-state index in [9.17, 15) is 4.79 Å². The third-order valence-corrected chi connectivity index (χ3v) is 4.18. The number of ether oxygens (including phenoxy) is 2. The number of aryl methyl sites for hydroxylation is 1. The molecule has 0 fully saturated rings. The van der Waals surface area contributed by atoms with Gasteiger partial charge in [0.25, 0.3) is 5.91 Å². The van der Waals surface area contributed by atoms with Crippen molar-refractivity contribution in [2.24, 2.45) is 0 Å². The van der Waals surface area contributed by atoms with E-state index in [2.05, 4.69) is 0 Å². The van der Waals surface area contributed by atoms with E-state index in [1.165, 1.54) is 0 Å². The van der Waals surface area contributed by atoms with Gasteiger partial charge in [-0.3, -0.25) is 4.79 Å². The Labute approximate surface area is 144 Å². The van der Waals surface area contributed by atoms with Gasteiger partial charge in [0.05, 0.1) is 7.11 Å². The lowest BCUT2D eigenvalue weighted by atomic mass is 10.1. The van der Waals surface area contributed by atoms with Crippen LogP contribution in [0.5, 0.6) is 11.5 Å². The zero-order valence-electron chi connectivity index (χ0n) is 15.0. The average molecular weight is 327 g/mol. The van der Waals surface area contributed by atoms with E-state index >= 15 is 0 Å². The highest BCUT2D eigenvalue weighted by Gasteiger charge is 2.21. The largest absolute Gasteiger partial charge is 0.496 e. The zero-order chi connectivity index (χ0) is 17.7. The molecule has 2 aromatic carbocycles. The predicted molar refractivity (Wildman–Crippen MR) is 95.5 cm³/mol. The molecule has 4 nitrogen and oxygen atoms in total. The standard InChI is InChI=1S/C20H25NO3/c1-14-9-8-12-18(15(14)2)24-16(3)20(22)21(4)13-17-10-6-7-11-19(17)23-5/h6-12,16H,13H2,1-5H3. The summed E-state index contributed by atoms with van der Waals surface area (Å²) in [7, 11) is 3.41. The van der Waals surface area contributed by atoms with Crippen molar-refractivity contribution in [1.29, 1.82) is 0 Å². The van der Waals surface area contributed by atoms with Gasteiger partial charge in [-0.2, -0.15) is 0 Å². The van der Waals surface area contributed by atoms with Crippen LogP contribution in [-0.2, 0) is 11.3 Å². The molecule has 0 aliphatic heterocycles. The lowest BCUT2D eigenvalue weighted by Crippen LogP contribution is -2.37. The van der Waals surface area contributed by atoms with E-state index in [-0.39, 0.29) is 5.91 Å². The van der Waals surface area contributed by atoms with Crippen LogP contribution in [0.1, 0.15) is 23.6 Å². The normalized spacial score (nSPS) is 11.7. The van der Waals surface area contributed by atoms with Crippen molar-refractivity contribution in [3.8, 4) is 11.5 Å². The number of para-hydroxylation sites is 1. The minimum atomic E-state index is -0.551. The molecule has 0 spiro atoms. The summed E-state index contributed by atoms with van der Waals surface area (Å²) < 4.78 is 11.2. The number of amides is 1. The Morgan fingerprint density at radius 3 is 2.46 bits per heavy atom. The van der Waals surface area contributed by atoms with Gasteiger partial charge in [0.15, 0.2) is 6.10 Å². The molecule has 0 saturated carbocycles. The van der Waals surface area contributed by atoms with Crippen molar-refractivity contribution in [1.82, 2.24) is 4.90 Å². The van der Waals surface area contributed by atoms with Gasteiger partial charge in [-0.15, -0.1) is 0 Å². The van der Waals surface area contributed by atoms with Gasteiger partial charge < -0.3 is 14.4 Å². The Kier molecular flexibility index (Phi) is 5.85. The summed E-state index contributed by atoms with van der Waals surface area (Å²) >= 11 is 0. The molecule has 0 N–H and O–H groups in total. The van der Waals surface area contributed by atoms with Crippen LogP contribution in [0.4, 0.5) is 0 Å². The monoisotopic (exact) mass is 327 g/mol. The van der Waals surface area contributed by atoms with Crippen LogP contribution in [0, 0.1) is 13.8 Å². The molecule has 0 bridgehead atoms. The van der Waals surface area contributed by atoms with Gasteiger partial charge in [-0.05, 0) is 44.0 Å². The summed E-state index contributed by atoms with van der Waals surface area (Å²) in [6.45, 7) is 6.29. The van der Waals surface area contributed by atoms with Gasteiger partial charge in [0.2, 0.25) is 0 Å². The van der Waals surface area contributed by atoms with Crippen LogP contribution in [0.2, 0.25) is 0 Å². The molecule has 1 amide bonds. The fraction of sp³-hybridized carbons (Fsp3) is 0.350. The molecule has 128 valence electrons. The van der Waals surface area contributed by atoms with Crippen molar-refractivity contribution in [2.75, 3.05) is 14.2 Å². The second kappa shape index (κ2) is 7.86. The summed E-state index contributed by atoms with van der Waals surface area (Å²) in [5.41, 5.74) is 3.17. The molecule has 24 heavy (non-hydrogen) atoms. The van der Waals surface area contributed by atoms with E-state index in [0.29, 0.717) is 6.54 Å². The Hall–Kier alpha value is -2.49. The molecule has 0 aromatic heterocycles. The van der Waals surface area contributed by atoms with Crippen LogP contribution < -0.4 is 9.47 Å². The Morgan fingerprint density at radius 1 is 1.08 bits per heavy atom. The molecule has 0 radical (unpaired) electrons. The number of methoxy groups -OCH3 is 1. The van der Waals surface area contributed by atoms with Crippen molar-refractivity contribution in [3.63, 3.8) is 0 Å². The fourth-order valence-electron chi connectivity index (χ4n) is 2.57. The lowest BCUT2D eigenvalue weighted by molar-refractivity contribution is -0.137. The third kappa shape index (κ3) is 4.07. The van der Waals surface area contributed by atoms with E-state index in [1.807, 2.05) is 56.3 Å². The summed E-state index contributed by atoms with van der Waals surface area (Å²) in [6.07, 6.45) is -0.551. The second-order valence-electron chi connectivity index (χ2n) is 5.96. The maximum Gasteiger partial charge on any atom is 0.263 e. The number of likely N-dealkylation sites (N-methyl/N-ethyl adjacent to an activating group) is 1. The van der Waals surface area contributed by atoms with E-state index in [1.54, 1.807) is 26.0 Å². The van der Waals surface area contributed by atoms with E-state index in [0.717, 1.165) is 28.2 Å². The van der Waals surface area contributed by atoms with E-state index < -0.39 is 6.10 Å². The molecule has 2 rings (SSSR count). The first kappa shape index (κ1) is 17.9.